The van der Waals surface area contributed by atoms with Gasteiger partial charge in [-0.25, -0.2) is 0 Å². The summed E-state index contributed by atoms with van der Waals surface area (Å²) < 4.78 is 32.5. The van der Waals surface area contributed by atoms with Gasteiger partial charge in [0.05, 0.1) is 18.7 Å². The number of esters is 1. The quantitative estimate of drug-likeness (QED) is 0.790. The summed E-state index contributed by atoms with van der Waals surface area (Å²) in [5.41, 5.74) is 1.23. The number of para-hydroxylation sites is 1. The molecule has 1 aromatic rings. The molecule has 0 saturated heterocycles. The van der Waals surface area contributed by atoms with Gasteiger partial charge in [0.2, 0.25) is 0 Å². The Bertz CT molecular complexity index is 642. The zero-order chi connectivity index (χ0) is 15.8. The van der Waals surface area contributed by atoms with Crippen molar-refractivity contribution in [2.45, 2.75) is 25.3 Å². The van der Waals surface area contributed by atoms with Crippen molar-refractivity contribution in [1.29, 1.82) is 0 Å². The standard InChI is InChI=1S/C14H20N2O4S/c1-10-9-12(14(17)20-4)11-7-5-6-8-13(11)16(10)21(18,19)15(2)3/h5-8,10,12H,9H2,1-4H3. The highest BCUT2D eigenvalue weighted by Crippen LogP contribution is 2.40. The van der Waals surface area contributed by atoms with Crippen LogP contribution in [0.2, 0.25) is 0 Å². The van der Waals surface area contributed by atoms with Crippen molar-refractivity contribution < 1.29 is 17.9 Å². The van der Waals surface area contributed by atoms with E-state index in [0.29, 0.717) is 17.7 Å². The second kappa shape index (κ2) is 5.65. The van der Waals surface area contributed by atoms with Crippen LogP contribution >= 0.6 is 0 Å². The van der Waals surface area contributed by atoms with Gasteiger partial charge in [0, 0.05) is 20.1 Å². The number of anilines is 1. The Labute approximate surface area is 125 Å². The number of rotatable bonds is 3. The summed E-state index contributed by atoms with van der Waals surface area (Å²) in [5.74, 6) is -0.772. The van der Waals surface area contributed by atoms with Crippen LogP contribution < -0.4 is 4.31 Å². The number of methoxy groups -OCH3 is 1. The predicted octanol–water partition coefficient (Wildman–Crippen LogP) is 1.35. The molecule has 0 aliphatic carbocycles. The molecule has 1 aliphatic heterocycles. The largest absolute Gasteiger partial charge is 0.469 e. The van der Waals surface area contributed by atoms with Crippen LogP contribution in [0.3, 0.4) is 0 Å². The summed E-state index contributed by atoms with van der Waals surface area (Å²) in [5, 5.41) is 0. The Balaban J connectivity index is 2.59. The molecule has 0 saturated carbocycles. The average molecular weight is 312 g/mol. The van der Waals surface area contributed by atoms with Crippen LogP contribution in [-0.4, -0.2) is 45.9 Å². The second-order valence-electron chi connectivity index (χ2n) is 5.31. The van der Waals surface area contributed by atoms with Gasteiger partial charge in [0.25, 0.3) is 0 Å². The lowest BCUT2D eigenvalue weighted by Gasteiger charge is -2.39. The normalized spacial score (nSPS) is 22.0. The number of hydrogen-bond acceptors (Lipinski definition) is 4. The third-order valence-corrected chi connectivity index (χ3v) is 5.70. The lowest BCUT2D eigenvalue weighted by molar-refractivity contribution is -0.142. The van der Waals surface area contributed by atoms with Crippen LogP contribution in [0.4, 0.5) is 5.69 Å². The molecule has 0 radical (unpaired) electrons. The van der Waals surface area contributed by atoms with E-state index in [1.165, 1.54) is 29.8 Å². The summed E-state index contributed by atoms with van der Waals surface area (Å²) in [6.45, 7) is 1.80. The fourth-order valence-corrected chi connectivity index (χ4v) is 3.98. The van der Waals surface area contributed by atoms with Crippen LogP contribution in [0.1, 0.15) is 24.8 Å². The predicted molar refractivity (Wildman–Crippen MR) is 80.4 cm³/mol. The van der Waals surface area contributed by atoms with E-state index < -0.39 is 16.1 Å². The van der Waals surface area contributed by atoms with Crippen LogP contribution in [0.25, 0.3) is 0 Å². The number of fused-ring (bicyclic) bond motifs is 1. The van der Waals surface area contributed by atoms with Crippen LogP contribution in [-0.2, 0) is 19.7 Å². The van der Waals surface area contributed by atoms with Crippen molar-refractivity contribution in [2.24, 2.45) is 0 Å². The molecule has 2 rings (SSSR count). The number of carbonyl (C=O) groups is 1. The minimum Gasteiger partial charge on any atom is -0.469 e. The van der Waals surface area contributed by atoms with Gasteiger partial charge in [-0.3, -0.25) is 9.10 Å². The Morgan fingerprint density at radius 2 is 1.95 bits per heavy atom. The molecule has 21 heavy (non-hydrogen) atoms. The molecule has 0 spiro atoms. The van der Waals surface area contributed by atoms with Crippen LogP contribution in [0.5, 0.6) is 0 Å². The summed E-state index contributed by atoms with van der Waals surface area (Å²) in [4.78, 5) is 12.0. The van der Waals surface area contributed by atoms with Gasteiger partial charge in [-0.15, -0.1) is 0 Å². The molecule has 6 nitrogen and oxygen atoms in total. The molecular weight excluding hydrogens is 292 g/mol. The van der Waals surface area contributed by atoms with Crippen molar-refractivity contribution in [3.63, 3.8) is 0 Å². The highest BCUT2D eigenvalue weighted by Gasteiger charge is 2.40. The van der Waals surface area contributed by atoms with E-state index in [2.05, 4.69) is 0 Å². The molecule has 0 aromatic heterocycles. The van der Waals surface area contributed by atoms with Gasteiger partial charge < -0.3 is 4.74 Å². The first kappa shape index (κ1) is 15.8. The number of carbonyl (C=O) groups excluding carboxylic acids is 1. The molecule has 2 atom stereocenters. The highest BCUT2D eigenvalue weighted by molar-refractivity contribution is 7.90. The lowest BCUT2D eigenvalue weighted by atomic mass is 9.87. The summed E-state index contributed by atoms with van der Waals surface area (Å²) in [7, 11) is 0.736. The fourth-order valence-electron chi connectivity index (χ4n) is 2.68. The fraction of sp³-hybridized carbons (Fsp3) is 0.500. The molecule has 1 aromatic carbocycles. The Morgan fingerprint density at radius 1 is 1.33 bits per heavy atom. The third kappa shape index (κ3) is 2.63. The first-order valence-corrected chi connectivity index (χ1v) is 8.09. The average Bonchev–Trinajstić information content (AvgIpc) is 2.44. The van der Waals surface area contributed by atoms with Crippen molar-refractivity contribution in [3.05, 3.63) is 29.8 Å². The van der Waals surface area contributed by atoms with Gasteiger partial charge in [0.15, 0.2) is 0 Å². The molecule has 0 amide bonds. The van der Waals surface area contributed by atoms with Gasteiger partial charge >= 0.3 is 16.2 Å². The van der Waals surface area contributed by atoms with Gasteiger partial charge in [0.1, 0.15) is 0 Å². The number of ether oxygens (including phenoxy) is 1. The summed E-state index contributed by atoms with van der Waals surface area (Å²) in [6.07, 6.45) is 0.400. The zero-order valence-electron chi connectivity index (χ0n) is 12.6. The van der Waals surface area contributed by atoms with E-state index in [1.807, 2.05) is 0 Å². The van der Waals surface area contributed by atoms with Crippen LogP contribution in [0, 0.1) is 0 Å². The Kier molecular flexibility index (Phi) is 4.25. The highest BCUT2D eigenvalue weighted by atomic mass is 32.2. The van der Waals surface area contributed by atoms with Crippen LogP contribution in [0.15, 0.2) is 24.3 Å². The molecule has 2 unspecified atom stereocenters. The third-order valence-electron chi connectivity index (χ3n) is 3.72. The van der Waals surface area contributed by atoms with E-state index in [4.69, 9.17) is 4.74 Å². The van der Waals surface area contributed by atoms with Gasteiger partial charge in [-0.05, 0) is 25.0 Å². The SMILES string of the molecule is COC(=O)C1CC(C)N(S(=O)(=O)N(C)C)c2ccccc21. The smallest absolute Gasteiger partial charge is 0.313 e. The van der Waals surface area contributed by atoms with E-state index in [-0.39, 0.29) is 12.0 Å². The number of benzene rings is 1. The maximum absolute atomic E-state index is 12.5. The van der Waals surface area contributed by atoms with E-state index in [1.54, 1.807) is 31.2 Å². The molecule has 1 aliphatic rings. The second-order valence-corrected chi connectivity index (χ2v) is 7.32. The molecule has 0 bridgehead atoms. The zero-order valence-corrected chi connectivity index (χ0v) is 13.4. The molecule has 1 heterocycles. The number of hydrogen-bond donors (Lipinski definition) is 0. The minimum absolute atomic E-state index is 0.323. The first-order valence-electron chi connectivity index (χ1n) is 6.69. The van der Waals surface area contributed by atoms with Crippen molar-refractivity contribution in [1.82, 2.24) is 4.31 Å². The van der Waals surface area contributed by atoms with E-state index in [9.17, 15) is 13.2 Å². The Hall–Kier alpha value is -1.60. The molecular formula is C14H20N2O4S. The van der Waals surface area contributed by atoms with Crippen molar-refractivity contribution >= 4 is 21.9 Å². The van der Waals surface area contributed by atoms with Gasteiger partial charge in [-0.2, -0.15) is 12.7 Å². The summed E-state index contributed by atoms with van der Waals surface area (Å²) in [6, 6.07) is 6.74. The maximum atomic E-state index is 12.5. The minimum atomic E-state index is -3.60. The van der Waals surface area contributed by atoms with E-state index in [0.717, 1.165) is 0 Å². The lowest BCUT2D eigenvalue weighted by Crippen LogP contribution is -2.49. The summed E-state index contributed by atoms with van der Waals surface area (Å²) >= 11 is 0. The molecule has 116 valence electrons. The van der Waals surface area contributed by atoms with Crippen molar-refractivity contribution in [3.8, 4) is 0 Å². The Morgan fingerprint density at radius 3 is 2.52 bits per heavy atom. The maximum Gasteiger partial charge on any atom is 0.313 e. The van der Waals surface area contributed by atoms with Gasteiger partial charge in [-0.1, -0.05) is 18.2 Å². The molecule has 0 fully saturated rings. The monoisotopic (exact) mass is 312 g/mol. The number of nitrogens with zero attached hydrogens (tertiary/aromatic N) is 2. The molecule has 0 N–H and O–H groups in total. The molecule has 7 heteroatoms. The topological polar surface area (TPSA) is 66.9 Å². The van der Waals surface area contributed by atoms with E-state index >= 15 is 0 Å². The first-order chi connectivity index (χ1) is 9.80. The van der Waals surface area contributed by atoms with Crippen molar-refractivity contribution in [2.75, 3.05) is 25.5 Å².